The van der Waals surface area contributed by atoms with E-state index in [1.54, 1.807) is 42.5 Å². The van der Waals surface area contributed by atoms with Gasteiger partial charge in [0.25, 0.3) is 11.8 Å². The average Bonchev–Trinajstić information content (AvgIpc) is 2.99. The monoisotopic (exact) mass is 563 g/mol. The number of carbonyl (C=O) groups is 3. The van der Waals surface area contributed by atoms with E-state index < -0.39 is 5.91 Å². The molecule has 0 aliphatic carbocycles. The van der Waals surface area contributed by atoms with Gasteiger partial charge >= 0.3 is 0 Å². The van der Waals surface area contributed by atoms with Gasteiger partial charge in [-0.05, 0) is 79.4 Å². The lowest BCUT2D eigenvalue weighted by Crippen LogP contribution is -2.30. The van der Waals surface area contributed by atoms with Crippen LogP contribution in [0.15, 0.2) is 114 Å². The Labute approximate surface area is 245 Å². The van der Waals surface area contributed by atoms with Crippen LogP contribution in [0, 0.1) is 6.92 Å². The number of para-hydroxylation sites is 1. The molecule has 0 bridgehead atoms. The Hall–Kier alpha value is -4.62. The van der Waals surface area contributed by atoms with Gasteiger partial charge in [0.05, 0.1) is 5.25 Å². The molecular formula is C34H33N3O3S. The molecule has 0 saturated heterocycles. The summed E-state index contributed by atoms with van der Waals surface area (Å²) >= 11 is 1.44. The molecular weight excluding hydrogens is 530 g/mol. The third kappa shape index (κ3) is 8.19. The van der Waals surface area contributed by atoms with Crippen LogP contribution >= 0.6 is 11.8 Å². The first-order valence-corrected chi connectivity index (χ1v) is 14.3. The van der Waals surface area contributed by atoms with Crippen molar-refractivity contribution in [1.82, 2.24) is 5.32 Å². The van der Waals surface area contributed by atoms with Crippen molar-refractivity contribution in [2.75, 3.05) is 10.6 Å². The Morgan fingerprint density at radius 1 is 0.805 bits per heavy atom. The molecule has 0 aromatic heterocycles. The molecule has 0 aliphatic rings. The molecule has 41 heavy (non-hydrogen) atoms. The van der Waals surface area contributed by atoms with E-state index in [9.17, 15) is 14.4 Å². The van der Waals surface area contributed by atoms with Crippen molar-refractivity contribution in [3.63, 3.8) is 0 Å². The topological polar surface area (TPSA) is 87.3 Å². The van der Waals surface area contributed by atoms with Gasteiger partial charge in [0.2, 0.25) is 5.91 Å². The molecule has 4 aromatic rings. The number of anilines is 2. The molecule has 208 valence electrons. The second-order valence-corrected chi connectivity index (χ2v) is 10.9. The largest absolute Gasteiger partial charge is 0.325 e. The van der Waals surface area contributed by atoms with Crippen molar-refractivity contribution in [2.45, 2.75) is 37.3 Å². The molecule has 1 atom stereocenters. The summed E-state index contributed by atoms with van der Waals surface area (Å²) in [6.07, 6.45) is 2.48. The number of hydrogen-bond acceptors (Lipinski definition) is 4. The first-order chi connectivity index (χ1) is 19.8. The number of rotatable bonds is 10. The molecule has 0 heterocycles. The summed E-state index contributed by atoms with van der Waals surface area (Å²) < 4.78 is 0. The van der Waals surface area contributed by atoms with Crippen LogP contribution < -0.4 is 16.0 Å². The van der Waals surface area contributed by atoms with Crippen molar-refractivity contribution in [1.29, 1.82) is 0 Å². The highest BCUT2D eigenvalue weighted by atomic mass is 32.2. The lowest BCUT2D eigenvalue weighted by molar-refractivity contribution is -0.115. The molecule has 6 nitrogen and oxygen atoms in total. The third-order valence-corrected chi connectivity index (χ3v) is 7.53. The fraction of sp³-hybridized carbons (Fsp3) is 0.147. The number of aryl methyl sites for hydroxylation is 2. The fourth-order valence-electron chi connectivity index (χ4n) is 4.16. The Bertz CT molecular complexity index is 1540. The predicted octanol–water partition coefficient (Wildman–Crippen LogP) is 7.09. The number of benzene rings is 4. The van der Waals surface area contributed by atoms with Crippen LogP contribution in [0.25, 0.3) is 6.08 Å². The van der Waals surface area contributed by atoms with Gasteiger partial charge in [-0.15, -0.1) is 11.8 Å². The van der Waals surface area contributed by atoms with Crippen LogP contribution in [-0.2, 0) is 16.0 Å². The van der Waals surface area contributed by atoms with E-state index in [4.69, 9.17) is 0 Å². The third-order valence-electron chi connectivity index (χ3n) is 6.42. The summed E-state index contributed by atoms with van der Waals surface area (Å²) in [6.45, 7) is 5.93. The summed E-state index contributed by atoms with van der Waals surface area (Å²) in [5.41, 5.74) is 4.94. The maximum absolute atomic E-state index is 13.2. The van der Waals surface area contributed by atoms with Crippen molar-refractivity contribution in [3.8, 4) is 0 Å². The average molecular weight is 564 g/mol. The van der Waals surface area contributed by atoms with E-state index >= 15 is 0 Å². The lowest BCUT2D eigenvalue weighted by Gasteiger charge is -2.16. The highest BCUT2D eigenvalue weighted by molar-refractivity contribution is 8.00. The van der Waals surface area contributed by atoms with Crippen molar-refractivity contribution in [2.24, 2.45) is 0 Å². The van der Waals surface area contributed by atoms with Crippen LogP contribution in [-0.4, -0.2) is 23.0 Å². The predicted molar refractivity (Wildman–Crippen MR) is 168 cm³/mol. The minimum atomic E-state index is -0.448. The van der Waals surface area contributed by atoms with Crippen molar-refractivity contribution >= 4 is 46.9 Å². The zero-order chi connectivity index (χ0) is 29.2. The van der Waals surface area contributed by atoms with Gasteiger partial charge in [-0.2, -0.15) is 0 Å². The molecule has 0 aliphatic heterocycles. The Kier molecular flexibility index (Phi) is 10.1. The molecule has 0 saturated carbocycles. The first kappa shape index (κ1) is 29.4. The highest BCUT2D eigenvalue weighted by Gasteiger charge is 2.18. The first-order valence-electron chi connectivity index (χ1n) is 13.4. The Morgan fingerprint density at radius 2 is 1.46 bits per heavy atom. The number of thioether (sulfide) groups is 1. The summed E-state index contributed by atoms with van der Waals surface area (Å²) in [5, 5.41) is 8.37. The van der Waals surface area contributed by atoms with Gasteiger partial charge in [0, 0.05) is 21.8 Å². The number of carbonyl (C=O) groups excluding carboxylic acids is 3. The number of amides is 3. The quantitative estimate of drug-likeness (QED) is 0.142. The zero-order valence-electron chi connectivity index (χ0n) is 23.3. The molecule has 4 aromatic carbocycles. The summed E-state index contributed by atoms with van der Waals surface area (Å²) in [7, 11) is 0. The second-order valence-electron chi connectivity index (χ2n) is 9.48. The summed E-state index contributed by atoms with van der Waals surface area (Å²) in [4.78, 5) is 39.9. The molecule has 4 rings (SSSR count). The van der Waals surface area contributed by atoms with Gasteiger partial charge in [-0.3, -0.25) is 14.4 Å². The van der Waals surface area contributed by atoms with Crippen molar-refractivity contribution < 1.29 is 14.4 Å². The van der Waals surface area contributed by atoms with Gasteiger partial charge in [0.1, 0.15) is 5.70 Å². The smallest absolute Gasteiger partial charge is 0.272 e. The van der Waals surface area contributed by atoms with Crippen LogP contribution in [0.3, 0.4) is 0 Å². The maximum Gasteiger partial charge on any atom is 0.272 e. The van der Waals surface area contributed by atoms with Crippen LogP contribution in [0.1, 0.15) is 40.9 Å². The SMILES string of the molecule is CCc1cccc(C)c1NC(=O)C(C)Sc1ccc(NC(=O)/C(=C/c2ccccc2)NC(=O)c2ccccc2)cc1. The molecule has 3 amide bonds. The minimum absolute atomic E-state index is 0.0683. The molecule has 1 unspecified atom stereocenters. The summed E-state index contributed by atoms with van der Waals surface area (Å²) in [5.74, 6) is -0.892. The number of nitrogens with one attached hydrogen (secondary N) is 3. The maximum atomic E-state index is 13.2. The molecule has 0 spiro atoms. The van der Waals surface area contributed by atoms with E-state index in [2.05, 4.69) is 22.9 Å². The van der Waals surface area contributed by atoms with Gasteiger partial charge < -0.3 is 16.0 Å². The lowest BCUT2D eigenvalue weighted by atomic mass is 10.1. The van der Waals surface area contributed by atoms with Crippen LogP contribution in [0.4, 0.5) is 11.4 Å². The zero-order valence-corrected chi connectivity index (χ0v) is 24.1. The molecule has 3 N–H and O–H groups in total. The van der Waals surface area contributed by atoms with E-state index in [0.717, 1.165) is 33.7 Å². The number of hydrogen-bond donors (Lipinski definition) is 3. The summed E-state index contributed by atoms with van der Waals surface area (Å²) in [6, 6.07) is 31.4. The standard InChI is InChI=1S/C34H33N3O3S/c1-4-26-17-11-12-23(2)31(26)37-32(38)24(3)41-29-20-18-28(19-21-29)35-34(40)30(22-25-13-7-5-8-14-25)36-33(39)27-15-9-6-10-16-27/h5-22,24H,4H2,1-3H3,(H,35,40)(H,36,39)(H,37,38)/b30-22-. The molecule has 0 fully saturated rings. The Morgan fingerprint density at radius 3 is 2.12 bits per heavy atom. The Balaban J connectivity index is 1.42. The normalized spacial score (nSPS) is 11.8. The van der Waals surface area contributed by atoms with Gasteiger partial charge in [0.15, 0.2) is 0 Å². The van der Waals surface area contributed by atoms with Gasteiger partial charge in [-0.25, -0.2) is 0 Å². The van der Waals surface area contributed by atoms with Crippen molar-refractivity contribution in [3.05, 3.63) is 131 Å². The van der Waals surface area contributed by atoms with E-state index in [1.165, 1.54) is 11.8 Å². The van der Waals surface area contributed by atoms with E-state index in [0.29, 0.717) is 11.3 Å². The van der Waals surface area contributed by atoms with E-state index in [-0.39, 0.29) is 22.8 Å². The minimum Gasteiger partial charge on any atom is -0.325 e. The van der Waals surface area contributed by atoms with E-state index in [1.807, 2.05) is 80.6 Å². The second kappa shape index (κ2) is 14.1. The van der Waals surface area contributed by atoms with Crippen LogP contribution in [0.5, 0.6) is 0 Å². The molecule has 0 radical (unpaired) electrons. The van der Waals surface area contributed by atoms with Gasteiger partial charge in [-0.1, -0.05) is 73.7 Å². The fourth-order valence-corrected chi connectivity index (χ4v) is 5.03. The van der Waals surface area contributed by atoms with Crippen LogP contribution in [0.2, 0.25) is 0 Å². The molecule has 7 heteroatoms. The highest BCUT2D eigenvalue weighted by Crippen LogP contribution is 2.27.